The number of nitrogens with one attached hydrogen (secondary N) is 1. The van der Waals surface area contributed by atoms with Gasteiger partial charge in [-0.3, -0.25) is 4.79 Å². The van der Waals surface area contributed by atoms with Gasteiger partial charge in [0.2, 0.25) is 0 Å². The van der Waals surface area contributed by atoms with Crippen LogP contribution in [-0.2, 0) is 15.1 Å². The fourth-order valence-corrected chi connectivity index (χ4v) is 4.54. The first-order valence-electron chi connectivity index (χ1n) is 9.24. The first kappa shape index (κ1) is 19.1. The first-order chi connectivity index (χ1) is 14.0. The largest absolute Gasteiger partial charge is 0.481 e. The molecule has 1 atom stereocenters. The number of carbonyl (C=O) groups is 2. The fourth-order valence-electron chi connectivity index (χ4n) is 3.86. The highest BCUT2D eigenvalue weighted by molar-refractivity contribution is 7.05. The lowest BCUT2D eigenvalue weighted by atomic mass is 9.96. The van der Waals surface area contributed by atoms with Crippen LogP contribution in [0, 0.1) is 0 Å². The van der Waals surface area contributed by atoms with E-state index in [0.29, 0.717) is 4.88 Å². The van der Waals surface area contributed by atoms with E-state index in [-0.39, 0.29) is 18.9 Å². The van der Waals surface area contributed by atoms with E-state index in [1.165, 1.54) is 0 Å². The SMILES string of the molecule is CC(CC(=O)O)(NC(=O)OCC1c2ccccc2-c2ccccc21)c1ccns1. The second-order valence-corrected chi connectivity index (χ2v) is 8.06. The van der Waals surface area contributed by atoms with Crippen molar-refractivity contribution in [1.29, 1.82) is 0 Å². The van der Waals surface area contributed by atoms with Crippen LogP contribution in [0.5, 0.6) is 0 Å². The van der Waals surface area contributed by atoms with Crippen molar-refractivity contribution in [2.24, 2.45) is 0 Å². The van der Waals surface area contributed by atoms with E-state index in [0.717, 1.165) is 33.8 Å². The Balaban J connectivity index is 1.50. The average Bonchev–Trinajstić information content (AvgIpc) is 3.33. The molecule has 0 saturated carbocycles. The van der Waals surface area contributed by atoms with E-state index in [2.05, 4.69) is 21.8 Å². The second kappa shape index (κ2) is 7.67. The highest BCUT2D eigenvalue weighted by atomic mass is 32.1. The summed E-state index contributed by atoms with van der Waals surface area (Å²) in [5, 5.41) is 12.0. The molecule has 0 fully saturated rings. The maximum absolute atomic E-state index is 12.6. The summed E-state index contributed by atoms with van der Waals surface area (Å²) in [5.41, 5.74) is 3.46. The first-order valence-corrected chi connectivity index (χ1v) is 10.0. The molecule has 7 heteroatoms. The van der Waals surface area contributed by atoms with Crippen LogP contribution in [0.2, 0.25) is 0 Å². The number of aliphatic carboxylic acids is 1. The summed E-state index contributed by atoms with van der Waals surface area (Å²) in [7, 11) is 0. The zero-order valence-corrected chi connectivity index (χ0v) is 16.6. The van der Waals surface area contributed by atoms with E-state index in [1.807, 2.05) is 36.4 Å². The van der Waals surface area contributed by atoms with Crippen LogP contribution in [0.1, 0.15) is 35.3 Å². The molecule has 3 aromatic rings. The van der Waals surface area contributed by atoms with E-state index in [1.54, 1.807) is 19.2 Å². The maximum atomic E-state index is 12.6. The maximum Gasteiger partial charge on any atom is 0.407 e. The Kier molecular flexibility index (Phi) is 5.07. The van der Waals surface area contributed by atoms with Crippen molar-refractivity contribution in [3.8, 4) is 11.1 Å². The van der Waals surface area contributed by atoms with Crippen LogP contribution >= 0.6 is 11.5 Å². The number of fused-ring (bicyclic) bond motifs is 3. The number of alkyl carbamates (subject to hydrolysis) is 1. The zero-order valence-electron chi connectivity index (χ0n) is 15.8. The topological polar surface area (TPSA) is 88.5 Å². The minimum absolute atomic E-state index is 0.0534. The lowest BCUT2D eigenvalue weighted by molar-refractivity contribution is -0.138. The number of hydrogen-bond acceptors (Lipinski definition) is 5. The van der Waals surface area contributed by atoms with Gasteiger partial charge >= 0.3 is 12.1 Å². The van der Waals surface area contributed by atoms with Crippen molar-refractivity contribution in [2.75, 3.05) is 6.61 Å². The Morgan fingerprint density at radius 2 is 1.72 bits per heavy atom. The van der Waals surface area contributed by atoms with Crippen molar-refractivity contribution in [1.82, 2.24) is 9.69 Å². The molecule has 0 spiro atoms. The minimum Gasteiger partial charge on any atom is -0.481 e. The van der Waals surface area contributed by atoms with Crippen molar-refractivity contribution in [3.63, 3.8) is 0 Å². The molecule has 2 aromatic carbocycles. The number of hydrogen-bond donors (Lipinski definition) is 2. The number of carbonyl (C=O) groups excluding carboxylic acids is 1. The van der Waals surface area contributed by atoms with Gasteiger partial charge in [-0.15, -0.1) is 0 Å². The molecule has 0 aliphatic heterocycles. The molecule has 0 bridgehead atoms. The Labute approximate surface area is 172 Å². The van der Waals surface area contributed by atoms with Gasteiger partial charge in [-0.2, -0.15) is 0 Å². The number of aromatic nitrogens is 1. The number of rotatable bonds is 6. The van der Waals surface area contributed by atoms with Crippen molar-refractivity contribution >= 4 is 23.6 Å². The van der Waals surface area contributed by atoms with Gasteiger partial charge in [0.15, 0.2) is 0 Å². The minimum atomic E-state index is -1.09. The Morgan fingerprint density at radius 1 is 1.10 bits per heavy atom. The van der Waals surface area contributed by atoms with Gasteiger partial charge in [-0.25, -0.2) is 9.17 Å². The number of benzene rings is 2. The molecule has 1 amide bonds. The standard InChI is InChI=1S/C22H20N2O4S/c1-22(12-20(25)26,19-10-11-23-29-19)24-21(27)28-13-18-16-8-4-2-6-14(16)15-7-3-5-9-17(15)18/h2-11,18H,12-13H2,1H3,(H,24,27)(H,25,26). The van der Waals surface area contributed by atoms with Gasteiger partial charge in [0.1, 0.15) is 6.61 Å². The van der Waals surface area contributed by atoms with Gasteiger partial charge in [0.05, 0.1) is 16.8 Å². The Hall–Kier alpha value is -3.19. The normalized spacial score (nSPS) is 14.5. The third-order valence-electron chi connectivity index (χ3n) is 5.21. The van der Waals surface area contributed by atoms with E-state index in [9.17, 15) is 14.7 Å². The quantitative estimate of drug-likeness (QED) is 0.632. The number of carboxylic acid groups (broad SMARTS) is 1. The molecular weight excluding hydrogens is 388 g/mol. The van der Waals surface area contributed by atoms with Gasteiger partial charge < -0.3 is 15.2 Å². The molecule has 6 nitrogen and oxygen atoms in total. The number of nitrogens with zero attached hydrogens (tertiary/aromatic N) is 1. The van der Waals surface area contributed by atoms with Crippen LogP contribution in [0.15, 0.2) is 60.8 Å². The smallest absolute Gasteiger partial charge is 0.407 e. The molecule has 29 heavy (non-hydrogen) atoms. The van der Waals surface area contributed by atoms with Gasteiger partial charge in [-0.1, -0.05) is 48.5 Å². The summed E-state index contributed by atoms with van der Waals surface area (Å²) < 4.78 is 9.57. The van der Waals surface area contributed by atoms with Crippen molar-refractivity contribution in [3.05, 3.63) is 76.8 Å². The zero-order chi connectivity index (χ0) is 20.4. The highest BCUT2D eigenvalue weighted by Gasteiger charge is 2.35. The molecule has 0 saturated heterocycles. The monoisotopic (exact) mass is 408 g/mol. The van der Waals surface area contributed by atoms with Gasteiger partial charge in [0.25, 0.3) is 0 Å². The summed E-state index contributed by atoms with van der Waals surface area (Å²) in [5.74, 6) is -1.07. The number of amides is 1. The molecule has 1 unspecified atom stereocenters. The Morgan fingerprint density at radius 3 is 2.28 bits per heavy atom. The van der Waals surface area contributed by atoms with E-state index >= 15 is 0 Å². The fraction of sp³-hybridized carbons (Fsp3) is 0.227. The van der Waals surface area contributed by atoms with E-state index in [4.69, 9.17) is 4.74 Å². The van der Waals surface area contributed by atoms with Crippen LogP contribution < -0.4 is 5.32 Å². The summed E-state index contributed by atoms with van der Waals surface area (Å²) in [4.78, 5) is 24.6. The molecule has 1 aromatic heterocycles. The number of ether oxygens (including phenoxy) is 1. The molecule has 148 valence electrons. The van der Waals surface area contributed by atoms with Gasteiger partial charge in [-0.05, 0) is 46.8 Å². The van der Waals surface area contributed by atoms with Crippen LogP contribution in [0.25, 0.3) is 11.1 Å². The molecule has 2 N–H and O–H groups in total. The predicted octanol–water partition coefficient (Wildman–Crippen LogP) is 4.37. The van der Waals surface area contributed by atoms with Gasteiger partial charge in [0, 0.05) is 12.1 Å². The third kappa shape index (κ3) is 3.73. The van der Waals surface area contributed by atoms with E-state index < -0.39 is 17.6 Å². The lowest BCUT2D eigenvalue weighted by Crippen LogP contribution is -2.45. The van der Waals surface area contributed by atoms with Crippen LogP contribution in [-0.4, -0.2) is 28.1 Å². The van der Waals surface area contributed by atoms with Crippen LogP contribution in [0.3, 0.4) is 0 Å². The average molecular weight is 408 g/mol. The summed E-state index contributed by atoms with van der Waals surface area (Å²) in [6, 6.07) is 17.9. The van der Waals surface area contributed by atoms with Crippen molar-refractivity contribution < 1.29 is 19.4 Å². The molecule has 1 aliphatic rings. The highest BCUT2D eigenvalue weighted by Crippen LogP contribution is 2.44. The lowest BCUT2D eigenvalue weighted by Gasteiger charge is -2.27. The third-order valence-corrected chi connectivity index (χ3v) is 6.22. The molecule has 0 radical (unpaired) electrons. The molecular formula is C22H20N2O4S. The molecule has 4 rings (SSSR count). The number of carboxylic acids is 1. The van der Waals surface area contributed by atoms with Crippen molar-refractivity contribution in [2.45, 2.75) is 24.8 Å². The Bertz CT molecular complexity index is 1000. The summed E-state index contributed by atoms with van der Waals surface area (Å²) in [6.07, 6.45) is 0.669. The predicted molar refractivity (Wildman–Crippen MR) is 110 cm³/mol. The molecule has 1 aliphatic carbocycles. The second-order valence-electron chi connectivity index (χ2n) is 7.23. The summed E-state index contributed by atoms with van der Waals surface area (Å²) >= 11 is 1.16. The van der Waals surface area contributed by atoms with Crippen LogP contribution in [0.4, 0.5) is 4.79 Å². The molecule has 1 heterocycles. The summed E-state index contributed by atoms with van der Waals surface area (Å²) in [6.45, 7) is 1.84.